The minimum Gasteiger partial charge on any atom is -0.469 e. The van der Waals surface area contributed by atoms with Crippen LogP contribution in [0.4, 0.5) is 11.8 Å². The quantitative estimate of drug-likeness (QED) is 0.847. The van der Waals surface area contributed by atoms with Crippen molar-refractivity contribution in [2.24, 2.45) is 0 Å². The molecule has 2 aromatic heterocycles. The Morgan fingerprint density at radius 2 is 2.25 bits per heavy atom. The Morgan fingerprint density at radius 3 is 2.88 bits per heavy atom. The van der Waals surface area contributed by atoms with Gasteiger partial charge in [-0.3, -0.25) is 0 Å². The van der Waals surface area contributed by atoms with Crippen molar-refractivity contribution in [2.45, 2.75) is 13.5 Å². The summed E-state index contributed by atoms with van der Waals surface area (Å²) >= 11 is 0. The largest absolute Gasteiger partial charge is 0.469 e. The third-order valence-corrected chi connectivity index (χ3v) is 2.38. The molecule has 0 bridgehead atoms. The van der Waals surface area contributed by atoms with Gasteiger partial charge in [-0.1, -0.05) is 0 Å². The molecule has 0 amide bonds. The number of aromatic nitrogens is 2. The number of rotatable bonds is 3. The molecule has 5 nitrogen and oxygen atoms in total. The minimum atomic E-state index is 0.473. The van der Waals surface area contributed by atoms with Crippen molar-refractivity contribution in [3.63, 3.8) is 0 Å². The fraction of sp³-hybridized carbons (Fsp3) is 0.273. The van der Waals surface area contributed by atoms with Crippen LogP contribution < -0.4 is 10.6 Å². The average Bonchev–Trinajstić information content (AvgIpc) is 2.64. The molecule has 0 spiro atoms. The summed E-state index contributed by atoms with van der Waals surface area (Å²) in [6.45, 7) is 2.63. The van der Waals surface area contributed by atoms with Crippen LogP contribution in [-0.4, -0.2) is 17.0 Å². The summed E-state index contributed by atoms with van der Waals surface area (Å²) in [6, 6.07) is 3.61. The standard InChI is InChI=1S/C11H14N4O/c1-8-9(4-6-16-8)7-15(2)11-13-5-3-10(12)14-11/h3-6H,7H2,1-2H3,(H2,12,13,14). The van der Waals surface area contributed by atoms with E-state index in [2.05, 4.69) is 9.97 Å². The summed E-state index contributed by atoms with van der Waals surface area (Å²) in [4.78, 5) is 10.2. The molecular formula is C11H14N4O. The molecule has 2 aromatic rings. The highest BCUT2D eigenvalue weighted by atomic mass is 16.3. The topological polar surface area (TPSA) is 68.2 Å². The number of furan rings is 1. The maximum atomic E-state index is 5.60. The van der Waals surface area contributed by atoms with Crippen LogP contribution in [-0.2, 0) is 6.54 Å². The molecule has 0 saturated heterocycles. The predicted molar refractivity (Wildman–Crippen MR) is 62.0 cm³/mol. The number of nitrogens with zero attached hydrogens (tertiary/aromatic N) is 3. The molecule has 0 unspecified atom stereocenters. The first-order valence-electron chi connectivity index (χ1n) is 4.99. The van der Waals surface area contributed by atoms with Crippen LogP contribution in [0.5, 0.6) is 0 Å². The Morgan fingerprint density at radius 1 is 1.44 bits per heavy atom. The first-order chi connectivity index (χ1) is 7.66. The van der Waals surface area contributed by atoms with Gasteiger partial charge in [0.15, 0.2) is 0 Å². The van der Waals surface area contributed by atoms with E-state index in [1.807, 2.05) is 24.9 Å². The zero-order chi connectivity index (χ0) is 11.5. The Kier molecular flexibility index (Phi) is 2.76. The van der Waals surface area contributed by atoms with Crippen LogP contribution in [0.2, 0.25) is 0 Å². The first kappa shape index (κ1) is 10.5. The molecule has 0 radical (unpaired) electrons. The van der Waals surface area contributed by atoms with Gasteiger partial charge in [0.05, 0.1) is 6.26 Å². The zero-order valence-electron chi connectivity index (χ0n) is 9.34. The van der Waals surface area contributed by atoms with E-state index < -0.39 is 0 Å². The summed E-state index contributed by atoms with van der Waals surface area (Å²) in [5.74, 6) is 2.00. The molecule has 2 N–H and O–H groups in total. The van der Waals surface area contributed by atoms with Gasteiger partial charge in [-0.2, -0.15) is 4.98 Å². The van der Waals surface area contributed by atoms with Crippen molar-refractivity contribution >= 4 is 11.8 Å². The van der Waals surface area contributed by atoms with Crippen LogP contribution in [0.1, 0.15) is 11.3 Å². The highest BCUT2D eigenvalue weighted by molar-refractivity contribution is 5.38. The van der Waals surface area contributed by atoms with E-state index in [0.717, 1.165) is 11.3 Å². The number of nitrogens with two attached hydrogens (primary N) is 1. The van der Waals surface area contributed by atoms with Crippen molar-refractivity contribution < 1.29 is 4.42 Å². The second kappa shape index (κ2) is 4.22. The summed E-state index contributed by atoms with van der Waals surface area (Å²) < 4.78 is 5.23. The van der Waals surface area contributed by atoms with Crippen LogP contribution in [0, 0.1) is 6.92 Å². The summed E-state index contributed by atoms with van der Waals surface area (Å²) in [6.07, 6.45) is 3.33. The molecule has 2 heterocycles. The van der Waals surface area contributed by atoms with Gasteiger partial charge in [0, 0.05) is 25.4 Å². The predicted octanol–water partition coefficient (Wildman–Crippen LogP) is 1.60. The maximum Gasteiger partial charge on any atom is 0.227 e. The zero-order valence-corrected chi connectivity index (χ0v) is 9.34. The lowest BCUT2D eigenvalue weighted by Gasteiger charge is -2.16. The third-order valence-electron chi connectivity index (χ3n) is 2.38. The van der Waals surface area contributed by atoms with Gasteiger partial charge in [0.2, 0.25) is 5.95 Å². The van der Waals surface area contributed by atoms with E-state index in [1.165, 1.54) is 0 Å². The molecular weight excluding hydrogens is 204 g/mol. The molecule has 2 rings (SSSR count). The average molecular weight is 218 g/mol. The monoisotopic (exact) mass is 218 g/mol. The van der Waals surface area contributed by atoms with Crippen molar-refractivity contribution in [3.8, 4) is 0 Å². The lowest BCUT2D eigenvalue weighted by atomic mass is 10.2. The van der Waals surface area contributed by atoms with E-state index in [-0.39, 0.29) is 0 Å². The van der Waals surface area contributed by atoms with Gasteiger partial charge in [-0.15, -0.1) is 0 Å². The highest BCUT2D eigenvalue weighted by Crippen LogP contribution is 2.14. The number of anilines is 2. The fourth-order valence-corrected chi connectivity index (χ4v) is 1.45. The van der Waals surface area contributed by atoms with Gasteiger partial charge in [0.25, 0.3) is 0 Å². The van der Waals surface area contributed by atoms with Crippen molar-refractivity contribution in [1.29, 1.82) is 0 Å². The molecule has 0 aromatic carbocycles. The first-order valence-corrected chi connectivity index (χ1v) is 4.99. The molecule has 0 aliphatic carbocycles. The van der Waals surface area contributed by atoms with Crippen molar-refractivity contribution in [1.82, 2.24) is 9.97 Å². The van der Waals surface area contributed by atoms with Crippen LogP contribution in [0.3, 0.4) is 0 Å². The number of hydrogen-bond donors (Lipinski definition) is 1. The molecule has 0 saturated carbocycles. The normalized spacial score (nSPS) is 10.4. The summed E-state index contributed by atoms with van der Waals surface area (Å²) in [5, 5.41) is 0. The number of hydrogen-bond acceptors (Lipinski definition) is 5. The van der Waals surface area contributed by atoms with Crippen LogP contribution >= 0.6 is 0 Å². The lowest BCUT2D eigenvalue weighted by molar-refractivity contribution is 0.529. The molecule has 0 atom stereocenters. The smallest absolute Gasteiger partial charge is 0.227 e. The van der Waals surface area contributed by atoms with Gasteiger partial charge in [0.1, 0.15) is 11.6 Å². The Labute approximate surface area is 93.9 Å². The summed E-state index contributed by atoms with van der Waals surface area (Å²) in [5.41, 5.74) is 6.72. The second-order valence-corrected chi connectivity index (χ2v) is 3.64. The molecule has 0 aliphatic heterocycles. The van der Waals surface area contributed by atoms with E-state index >= 15 is 0 Å². The van der Waals surface area contributed by atoms with Crippen molar-refractivity contribution in [2.75, 3.05) is 17.7 Å². The Bertz CT molecular complexity index is 480. The number of nitrogen functional groups attached to an aromatic ring is 1. The van der Waals surface area contributed by atoms with E-state index in [0.29, 0.717) is 18.3 Å². The maximum absolute atomic E-state index is 5.60. The van der Waals surface area contributed by atoms with Crippen LogP contribution in [0.15, 0.2) is 29.0 Å². The molecule has 0 fully saturated rings. The molecule has 84 valence electrons. The van der Waals surface area contributed by atoms with Gasteiger partial charge in [-0.25, -0.2) is 4.98 Å². The second-order valence-electron chi connectivity index (χ2n) is 3.64. The van der Waals surface area contributed by atoms with E-state index in [1.54, 1.807) is 18.5 Å². The molecule has 5 heteroatoms. The fourth-order valence-electron chi connectivity index (χ4n) is 1.45. The summed E-state index contributed by atoms with van der Waals surface area (Å²) in [7, 11) is 1.92. The molecule has 0 aliphatic rings. The Hall–Kier alpha value is -2.04. The van der Waals surface area contributed by atoms with E-state index in [9.17, 15) is 0 Å². The molecule has 16 heavy (non-hydrogen) atoms. The van der Waals surface area contributed by atoms with E-state index in [4.69, 9.17) is 10.2 Å². The van der Waals surface area contributed by atoms with Gasteiger partial charge < -0.3 is 15.1 Å². The minimum absolute atomic E-state index is 0.473. The van der Waals surface area contributed by atoms with Gasteiger partial charge in [-0.05, 0) is 19.1 Å². The van der Waals surface area contributed by atoms with Crippen molar-refractivity contribution in [3.05, 3.63) is 35.9 Å². The third kappa shape index (κ3) is 2.13. The highest BCUT2D eigenvalue weighted by Gasteiger charge is 2.08. The Balaban J connectivity index is 2.14. The number of aryl methyl sites for hydroxylation is 1. The lowest BCUT2D eigenvalue weighted by Crippen LogP contribution is -2.19. The van der Waals surface area contributed by atoms with Gasteiger partial charge >= 0.3 is 0 Å². The SMILES string of the molecule is Cc1occc1CN(C)c1nccc(N)n1. The van der Waals surface area contributed by atoms with Crippen LogP contribution in [0.25, 0.3) is 0 Å².